The van der Waals surface area contributed by atoms with Gasteiger partial charge >= 0.3 is 0 Å². The normalized spacial score (nSPS) is 10.8. The van der Waals surface area contributed by atoms with Crippen molar-refractivity contribution in [1.82, 2.24) is 0 Å². The van der Waals surface area contributed by atoms with Crippen LogP contribution < -0.4 is 9.64 Å². The largest absolute Gasteiger partial charge is 0.508 e. The van der Waals surface area contributed by atoms with Gasteiger partial charge in [-0.25, -0.2) is 0 Å². The van der Waals surface area contributed by atoms with E-state index in [1.54, 1.807) is 36.4 Å². The monoisotopic (exact) mass is 441 g/mol. The van der Waals surface area contributed by atoms with E-state index in [1.807, 2.05) is 69.0 Å². The van der Waals surface area contributed by atoms with Crippen LogP contribution in [-0.4, -0.2) is 15.3 Å². The van der Waals surface area contributed by atoms with Gasteiger partial charge in [0, 0.05) is 28.9 Å². The molecule has 0 aliphatic carbocycles. The Labute approximate surface area is 193 Å². The third-order valence-corrected chi connectivity index (χ3v) is 5.94. The number of anilines is 3. The molecule has 0 saturated heterocycles. The molecule has 0 heterocycles. The lowest BCUT2D eigenvalue weighted by Crippen LogP contribution is -2.12. The van der Waals surface area contributed by atoms with Crippen LogP contribution in [0.4, 0.5) is 17.1 Å². The zero-order valence-electron chi connectivity index (χ0n) is 19.1. The van der Waals surface area contributed by atoms with E-state index in [-0.39, 0.29) is 17.2 Å². The summed E-state index contributed by atoms with van der Waals surface area (Å²) >= 11 is 0. The van der Waals surface area contributed by atoms with Gasteiger partial charge in [0.05, 0.1) is 11.4 Å². The summed E-state index contributed by atoms with van der Waals surface area (Å²) in [6.45, 7) is 7.59. The summed E-state index contributed by atoms with van der Waals surface area (Å²) in [5, 5.41) is 30.8. The van der Waals surface area contributed by atoms with Crippen molar-refractivity contribution in [1.29, 1.82) is 0 Å². The first-order chi connectivity index (χ1) is 15.8. The summed E-state index contributed by atoms with van der Waals surface area (Å²) in [6, 6.07) is 21.6. The van der Waals surface area contributed by atoms with Crippen LogP contribution in [0.2, 0.25) is 0 Å². The minimum atomic E-state index is 0.150. The molecule has 0 atom stereocenters. The Morgan fingerprint density at radius 3 is 1.82 bits per heavy atom. The van der Waals surface area contributed by atoms with E-state index in [1.165, 1.54) is 0 Å². The fourth-order valence-electron chi connectivity index (χ4n) is 3.84. The smallest absolute Gasteiger partial charge is 0.134 e. The first-order valence-corrected chi connectivity index (χ1v) is 10.7. The Bertz CT molecular complexity index is 1280. The Morgan fingerprint density at radius 1 is 0.636 bits per heavy atom. The molecule has 168 valence electrons. The van der Waals surface area contributed by atoms with Gasteiger partial charge in [-0.15, -0.1) is 0 Å². The number of aryl methyl sites for hydroxylation is 1. The number of ether oxygens (including phenoxy) is 1. The molecule has 5 heteroatoms. The van der Waals surface area contributed by atoms with Crippen molar-refractivity contribution in [2.45, 2.75) is 27.7 Å². The molecule has 4 rings (SSSR count). The molecular formula is C28H27NO4. The lowest BCUT2D eigenvalue weighted by atomic mass is 10.1. The van der Waals surface area contributed by atoms with E-state index in [2.05, 4.69) is 0 Å². The highest BCUT2D eigenvalue weighted by Crippen LogP contribution is 2.43. The molecule has 33 heavy (non-hydrogen) atoms. The third-order valence-electron chi connectivity index (χ3n) is 5.94. The van der Waals surface area contributed by atoms with E-state index in [4.69, 9.17) is 4.74 Å². The van der Waals surface area contributed by atoms with Gasteiger partial charge in [-0.3, -0.25) is 0 Å². The second-order valence-electron chi connectivity index (χ2n) is 8.16. The fraction of sp³-hybridized carbons (Fsp3) is 0.143. The first-order valence-electron chi connectivity index (χ1n) is 10.7. The quantitative estimate of drug-likeness (QED) is 0.303. The van der Waals surface area contributed by atoms with Crippen molar-refractivity contribution in [3.8, 4) is 28.7 Å². The van der Waals surface area contributed by atoms with Gasteiger partial charge < -0.3 is 25.0 Å². The van der Waals surface area contributed by atoms with Gasteiger partial charge in [-0.2, -0.15) is 0 Å². The first kappa shape index (κ1) is 22.1. The van der Waals surface area contributed by atoms with Gasteiger partial charge in [-0.05, 0) is 81.3 Å². The van der Waals surface area contributed by atoms with Crippen LogP contribution >= 0.6 is 0 Å². The van der Waals surface area contributed by atoms with Crippen LogP contribution in [0.5, 0.6) is 28.7 Å². The molecule has 0 fully saturated rings. The highest BCUT2D eigenvalue weighted by molar-refractivity contribution is 5.82. The molecule has 0 aromatic heterocycles. The molecule has 0 bridgehead atoms. The van der Waals surface area contributed by atoms with Gasteiger partial charge in [0.15, 0.2) is 0 Å². The molecule has 0 spiro atoms. The van der Waals surface area contributed by atoms with Crippen molar-refractivity contribution >= 4 is 17.1 Å². The topological polar surface area (TPSA) is 73.2 Å². The Balaban J connectivity index is 1.85. The molecule has 0 aliphatic heterocycles. The predicted molar refractivity (Wildman–Crippen MR) is 132 cm³/mol. The van der Waals surface area contributed by atoms with Gasteiger partial charge in [0.25, 0.3) is 0 Å². The van der Waals surface area contributed by atoms with Crippen LogP contribution in [0.3, 0.4) is 0 Å². The summed E-state index contributed by atoms with van der Waals surface area (Å²) in [5.74, 6) is 1.71. The number of hydrogen-bond acceptors (Lipinski definition) is 5. The van der Waals surface area contributed by atoms with Crippen LogP contribution in [0.1, 0.15) is 22.3 Å². The van der Waals surface area contributed by atoms with E-state index >= 15 is 0 Å². The minimum Gasteiger partial charge on any atom is -0.508 e. The highest BCUT2D eigenvalue weighted by atomic mass is 16.5. The standard InChI is InChI=1S/C28H27NO4/c1-17-14-22(30)16-28(18(17)2)33-23-9-5-8-21(15-23)29(24-10-6-12-26(31)19(24)3)25-11-7-13-27(32)20(25)4/h5-16,30-32H,1-4H3. The molecule has 4 aromatic rings. The maximum Gasteiger partial charge on any atom is 0.134 e. The maximum absolute atomic E-state index is 10.4. The molecule has 3 N–H and O–H groups in total. The number of nitrogens with zero attached hydrogens (tertiary/aromatic N) is 1. The second kappa shape index (κ2) is 8.79. The van der Waals surface area contributed by atoms with Crippen LogP contribution in [0.25, 0.3) is 0 Å². The van der Waals surface area contributed by atoms with Gasteiger partial charge in [-0.1, -0.05) is 18.2 Å². The zero-order chi connectivity index (χ0) is 23.7. The zero-order valence-corrected chi connectivity index (χ0v) is 19.1. The summed E-state index contributed by atoms with van der Waals surface area (Å²) in [7, 11) is 0. The van der Waals surface area contributed by atoms with E-state index in [0.29, 0.717) is 22.6 Å². The van der Waals surface area contributed by atoms with Crippen molar-refractivity contribution in [3.63, 3.8) is 0 Å². The predicted octanol–water partition coefficient (Wildman–Crippen LogP) is 7.30. The third kappa shape index (κ3) is 4.30. The number of benzene rings is 4. The molecule has 0 unspecified atom stereocenters. The van der Waals surface area contributed by atoms with Gasteiger partial charge in [0.2, 0.25) is 0 Å². The summed E-state index contributed by atoms with van der Waals surface area (Å²) in [5.41, 5.74) is 5.67. The van der Waals surface area contributed by atoms with Crippen LogP contribution in [0.15, 0.2) is 72.8 Å². The summed E-state index contributed by atoms with van der Waals surface area (Å²) in [4.78, 5) is 1.98. The Morgan fingerprint density at radius 2 is 1.21 bits per heavy atom. The summed E-state index contributed by atoms with van der Waals surface area (Å²) < 4.78 is 6.16. The number of rotatable bonds is 5. The lowest BCUT2D eigenvalue weighted by molar-refractivity contribution is 0.452. The maximum atomic E-state index is 10.4. The average molecular weight is 442 g/mol. The molecular weight excluding hydrogens is 414 g/mol. The fourth-order valence-corrected chi connectivity index (χ4v) is 3.84. The number of hydrogen-bond donors (Lipinski definition) is 3. The van der Waals surface area contributed by atoms with Crippen molar-refractivity contribution in [2.24, 2.45) is 0 Å². The molecule has 5 nitrogen and oxygen atoms in total. The van der Waals surface area contributed by atoms with Crippen molar-refractivity contribution in [2.75, 3.05) is 4.90 Å². The van der Waals surface area contributed by atoms with E-state index < -0.39 is 0 Å². The Hall–Kier alpha value is -4.12. The van der Waals surface area contributed by atoms with Crippen molar-refractivity contribution < 1.29 is 20.1 Å². The molecule has 0 amide bonds. The molecule has 0 saturated carbocycles. The number of phenols is 3. The van der Waals surface area contributed by atoms with Crippen LogP contribution in [0, 0.1) is 27.7 Å². The number of phenolic OH excluding ortho intramolecular Hbond substituents is 3. The number of aromatic hydroxyl groups is 3. The lowest BCUT2D eigenvalue weighted by Gasteiger charge is -2.29. The second-order valence-corrected chi connectivity index (χ2v) is 8.16. The molecule has 0 aliphatic rings. The molecule has 4 aromatic carbocycles. The molecule has 0 radical (unpaired) electrons. The van der Waals surface area contributed by atoms with Gasteiger partial charge in [0.1, 0.15) is 28.7 Å². The SMILES string of the molecule is Cc1cc(O)cc(Oc2cccc(N(c3cccc(O)c3C)c3cccc(O)c3C)c2)c1C. The average Bonchev–Trinajstić information content (AvgIpc) is 2.78. The van der Waals surface area contributed by atoms with Crippen molar-refractivity contribution in [3.05, 3.63) is 95.1 Å². The Kier molecular flexibility index (Phi) is 5.88. The van der Waals surface area contributed by atoms with E-state index in [9.17, 15) is 15.3 Å². The van der Waals surface area contributed by atoms with Crippen LogP contribution in [-0.2, 0) is 0 Å². The highest BCUT2D eigenvalue weighted by Gasteiger charge is 2.20. The summed E-state index contributed by atoms with van der Waals surface area (Å²) in [6.07, 6.45) is 0. The van der Waals surface area contributed by atoms with E-state index in [0.717, 1.165) is 28.2 Å². The minimum absolute atomic E-state index is 0.150.